The van der Waals surface area contributed by atoms with Gasteiger partial charge in [-0.25, -0.2) is 4.68 Å². The van der Waals surface area contributed by atoms with E-state index in [1.165, 1.54) is 0 Å². The van der Waals surface area contributed by atoms with Crippen LogP contribution < -0.4 is 0 Å². The molecule has 4 rings (SSSR count). The summed E-state index contributed by atoms with van der Waals surface area (Å²) in [6.07, 6.45) is 7.52. The van der Waals surface area contributed by atoms with Gasteiger partial charge in [-0.05, 0) is 37.0 Å². The lowest BCUT2D eigenvalue weighted by Crippen LogP contribution is -2.47. The van der Waals surface area contributed by atoms with Crippen LogP contribution in [-0.4, -0.2) is 46.9 Å². The van der Waals surface area contributed by atoms with Crippen LogP contribution in [0.4, 0.5) is 0 Å². The summed E-state index contributed by atoms with van der Waals surface area (Å²) in [7, 11) is 0. The third-order valence-electron chi connectivity index (χ3n) is 5.26. The molecule has 2 fully saturated rings. The van der Waals surface area contributed by atoms with E-state index in [0.29, 0.717) is 6.42 Å². The summed E-state index contributed by atoms with van der Waals surface area (Å²) in [5.41, 5.74) is 2.43. The van der Waals surface area contributed by atoms with Crippen molar-refractivity contribution in [3.8, 4) is 5.69 Å². The van der Waals surface area contributed by atoms with Gasteiger partial charge >= 0.3 is 0 Å². The van der Waals surface area contributed by atoms with E-state index >= 15 is 0 Å². The Morgan fingerprint density at radius 1 is 1.21 bits per heavy atom. The van der Waals surface area contributed by atoms with Crippen LogP contribution in [0.5, 0.6) is 0 Å². The van der Waals surface area contributed by atoms with Crippen LogP contribution in [0.1, 0.15) is 24.8 Å². The fraction of sp³-hybridized carbons (Fsp3) is 0.474. The molecule has 1 amide bonds. The number of nitrogens with zero attached hydrogens (tertiary/aromatic N) is 3. The molecule has 0 N–H and O–H groups in total. The minimum absolute atomic E-state index is 0.210. The van der Waals surface area contributed by atoms with Crippen LogP contribution >= 0.6 is 0 Å². The van der Waals surface area contributed by atoms with E-state index < -0.39 is 0 Å². The zero-order valence-electron chi connectivity index (χ0n) is 13.9. The normalized spacial score (nSPS) is 24.0. The molecule has 1 aromatic heterocycles. The van der Waals surface area contributed by atoms with Crippen LogP contribution in [0.15, 0.2) is 42.7 Å². The zero-order valence-corrected chi connectivity index (χ0v) is 13.9. The summed E-state index contributed by atoms with van der Waals surface area (Å²) in [4.78, 5) is 14.3. The summed E-state index contributed by atoms with van der Waals surface area (Å²) in [6.45, 7) is 3.26. The van der Waals surface area contributed by atoms with Crippen LogP contribution in [0.25, 0.3) is 5.69 Å². The first-order valence-corrected chi connectivity index (χ1v) is 8.69. The highest BCUT2D eigenvalue weighted by Crippen LogP contribution is 2.38. The second-order valence-corrected chi connectivity index (χ2v) is 7.00. The van der Waals surface area contributed by atoms with Gasteiger partial charge in [0, 0.05) is 37.7 Å². The van der Waals surface area contributed by atoms with Crippen LogP contribution in [0.2, 0.25) is 0 Å². The summed E-state index contributed by atoms with van der Waals surface area (Å²) in [6, 6.07) is 10.1. The molecule has 2 aliphatic heterocycles. The van der Waals surface area contributed by atoms with E-state index in [4.69, 9.17) is 4.74 Å². The molecule has 24 heavy (non-hydrogen) atoms. The molecule has 0 bridgehead atoms. The smallest absolute Gasteiger partial charge is 0.222 e. The maximum absolute atomic E-state index is 12.2. The molecule has 0 aliphatic carbocycles. The number of para-hydroxylation sites is 1. The van der Waals surface area contributed by atoms with Crippen molar-refractivity contribution in [1.82, 2.24) is 14.7 Å². The third kappa shape index (κ3) is 3.08. The fourth-order valence-electron chi connectivity index (χ4n) is 3.75. The maximum atomic E-state index is 12.2. The van der Waals surface area contributed by atoms with Crippen molar-refractivity contribution in [2.24, 2.45) is 5.41 Å². The molecule has 5 nitrogen and oxygen atoms in total. The van der Waals surface area contributed by atoms with E-state index in [2.05, 4.69) is 11.3 Å². The number of amides is 1. The Kier molecular flexibility index (Phi) is 4.10. The Balaban J connectivity index is 1.39. The topological polar surface area (TPSA) is 47.4 Å². The molecule has 5 heteroatoms. The minimum Gasteiger partial charge on any atom is -0.381 e. The number of piperidine rings is 1. The second kappa shape index (κ2) is 6.40. The number of ether oxygens (including phenoxy) is 1. The highest BCUT2D eigenvalue weighted by atomic mass is 16.5. The van der Waals surface area contributed by atoms with Gasteiger partial charge < -0.3 is 9.64 Å². The lowest BCUT2D eigenvalue weighted by Gasteiger charge is -2.39. The Labute approximate surface area is 142 Å². The minimum atomic E-state index is 0.210. The summed E-state index contributed by atoms with van der Waals surface area (Å²) < 4.78 is 7.47. The molecular weight excluding hydrogens is 302 g/mol. The molecule has 0 saturated carbocycles. The summed E-state index contributed by atoms with van der Waals surface area (Å²) in [5.74, 6) is 0.281. The molecular formula is C19H23N3O2. The molecule has 1 unspecified atom stereocenters. The van der Waals surface area contributed by atoms with Crippen molar-refractivity contribution in [3.63, 3.8) is 0 Å². The van der Waals surface area contributed by atoms with Gasteiger partial charge in [0.25, 0.3) is 0 Å². The number of benzene rings is 1. The number of carbonyl (C=O) groups excluding carboxylic acids is 1. The SMILES string of the molecule is O=C1CCC2(CCOC2)CN1CCc1cnn(-c2ccccc2)c1. The molecule has 2 saturated heterocycles. The van der Waals surface area contributed by atoms with Gasteiger partial charge in [-0.15, -0.1) is 0 Å². The lowest BCUT2D eigenvalue weighted by molar-refractivity contribution is -0.137. The van der Waals surface area contributed by atoms with Crippen LogP contribution in [0, 0.1) is 5.41 Å². The second-order valence-electron chi connectivity index (χ2n) is 7.00. The average Bonchev–Trinajstić information content (AvgIpc) is 3.27. The molecule has 126 valence electrons. The molecule has 1 atom stereocenters. The van der Waals surface area contributed by atoms with Crippen LogP contribution in [-0.2, 0) is 16.0 Å². The van der Waals surface area contributed by atoms with Crippen molar-refractivity contribution >= 4 is 5.91 Å². The predicted octanol–water partition coefficient (Wildman–Crippen LogP) is 2.44. The van der Waals surface area contributed by atoms with E-state index in [-0.39, 0.29) is 11.3 Å². The van der Waals surface area contributed by atoms with Gasteiger partial charge in [-0.1, -0.05) is 18.2 Å². The molecule has 2 aromatic rings. The standard InChI is InChI=1S/C19H23N3O2/c23-18-6-8-19(9-11-24-15-19)14-21(18)10-7-16-12-20-22(13-16)17-4-2-1-3-5-17/h1-5,12-13H,6-11,14-15H2. The Bertz CT molecular complexity index is 704. The van der Waals surface area contributed by atoms with E-state index in [1.54, 1.807) is 0 Å². The molecule has 3 heterocycles. The number of aromatic nitrogens is 2. The van der Waals surface area contributed by atoms with Crippen molar-refractivity contribution in [2.45, 2.75) is 25.7 Å². The van der Waals surface area contributed by atoms with Crippen molar-refractivity contribution in [3.05, 3.63) is 48.3 Å². The Morgan fingerprint density at radius 2 is 2.08 bits per heavy atom. The monoisotopic (exact) mass is 325 g/mol. The number of carbonyl (C=O) groups is 1. The van der Waals surface area contributed by atoms with Crippen LogP contribution in [0.3, 0.4) is 0 Å². The zero-order chi connectivity index (χ0) is 16.4. The largest absolute Gasteiger partial charge is 0.381 e. The average molecular weight is 325 g/mol. The molecule has 0 radical (unpaired) electrons. The van der Waals surface area contributed by atoms with Gasteiger partial charge in [0.1, 0.15) is 0 Å². The molecule has 1 aromatic carbocycles. The highest BCUT2D eigenvalue weighted by molar-refractivity contribution is 5.77. The predicted molar refractivity (Wildman–Crippen MR) is 91.0 cm³/mol. The van der Waals surface area contributed by atoms with E-state index in [9.17, 15) is 4.79 Å². The van der Waals surface area contributed by atoms with Gasteiger partial charge in [-0.3, -0.25) is 4.79 Å². The molecule has 1 spiro atoms. The van der Waals surface area contributed by atoms with E-state index in [0.717, 1.165) is 56.8 Å². The first-order valence-electron chi connectivity index (χ1n) is 8.69. The quantitative estimate of drug-likeness (QED) is 0.867. The van der Waals surface area contributed by atoms with Gasteiger partial charge in [0.15, 0.2) is 0 Å². The van der Waals surface area contributed by atoms with Crippen molar-refractivity contribution in [2.75, 3.05) is 26.3 Å². The fourth-order valence-corrected chi connectivity index (χ4v) is 3.75. The third-order valence-corrected chi connectivity index (χ3v) is 5.26. The number of likely N-dealkylation sites (tertiary alicyclic amines) is 1. The van der Waals surface area contributed by atoms with Crippen molar-refractivity contribution < 1.29 is 9.53 Å². The van der Waals surface area contributed by atoms with Gasteiger partial charge in [0.05, 0.1) is 18.5 Å². The Morgan fingerprint density at radius 3 is 2.88 bits per heavy atom. The first kappa shape index (κ1) is 15.4. The van der Waals surface area contributed by atoms with E-state index in [1.807, 2.05) is 46.1 Å². The highest BCUT2D eigenvalue weighted by Gasteiger charge is 2.41. The van der Waals surface area contributed by atoms with Gasteiger partial charge in [-0.2, -0.15) is 5.10 Å². The molecule has 2 aliphatic rings. The maximum Gasteiger partial charge on any atom is 0.222 e. The summed E-state index contributed by atoms with van der Waals surface area (Å²) in [5, 5.41) is 4.43. The summed E-state index contributed by atoms with van der Waals surface area (Å²) >= 11 is 0. The first-order chi connectivity index (χ1) is 11.7. The number of hydrogen-bond acceptors (Lipinski definition) is 3. The Hall–Kier alpha value is -2.14. The van der Waals surface area contributed by atoms with Crippen molar-refractivity contribution in [1.29, 1.82) is 0 Å². The number of hydrogen-bond donors (Lipinski definition) is 0. The van der Waals surface area contributed by atoms with Gasteiger partial charge in [0.2, 0.25) is 5.91 Å². The number of rotatable bonds is 4. The lowest BCUT2D eigenvalue weighted by atomic mass is 9.79.